The monoisotopic (exact) mass is 297 g/mol. The van der Waals surface area contributed by atoms with Gasteiger partial charge in [-0.1, -0.05) is 17.7 Å². The van der Waals surface area contributed by atoms with Gasteiger partial charge in [0.25, 0.3) is 0 Å². The number of hydrogen-bond donors (Lipinski definition) is 2. The van der Waals surface area contributed by atoms with Gasteiger partial charge in [0.2, 0.25) is 0 Å². The van der Waals surface area contributed by atoms with Crippen LogP contribution in [0.1, 0.15) is 36.1 Å². The molecular formula is C15H17ClFNO2. The first-order valence-corrected chi connectivity index (χ1v) is 6.77. The molecule has 2 aromatic rings. The molecule has 0 aliphatic heterocycles. The molecule has 2 unspecified atom stereocenters. The maximum absolute atomic E-state index is 13.5. The first kappa shape index (κ1) is 15.0. The Bertz CT molecular complexity index is 585. The topological polar surface area (TPSA) is 45.4 Å². The van der Waals surface area contributed by atoms with Crippen molar-refractivity contribution in [1.82, 2.24) is 5.32 Å². The van der Waals surface area contributed by atoms with Crippen molar-refractivity contribution in [1.29, 1.82) is 0 Å². The summed E-state index contributed by atoms with van der Waals surface area (Å²) in [6.07, 6.45) is 0. The lowest BCUT2D eigenvalue weighted by molar-refractivity contribution is 0.230. The van der Waals surface area contributed by atoms with E-state index in [0.717, 1.165) is 11.5 Å². The van der Waals surface area contributed by atoms with Gasteiger partial charge in [0.1, 0.15) is 17.3 Å². The molecule has 0 bridgehead atoms. The van der Waals surface area contributed by atoms with Crippen molar-refractivity contribution in [2.75, 3.05) is 6.61 Å². The summed E-state index contributed by atoms with van der Waals surface area (Å²) in [5.74, 6) is 1.10. The van der Waals surface area contributed by atoms with Crippen molar-refractivity contribution >= 4 is 11.6 Å². The lowest BCUT2D eigenvalue weighted by atomic mass is 10.1. The number of furan rings is 1. The highest BCUT2D eigenvalue weighted by Crippen LogP contribution is 2.24. The fourth-order valence-electron chi connectivity index (χ4n) is 2.05. The Labute approximate surface area is 122 Å². The minimum Gasteiger partial charge on any atom is -0.465 e. The smallest absolute Gasteiger partial charge is 0.142 e. The summed E-state index contributed by atoms with van der Waals surface area (Å²) in [5, 5.41) is 12.8. The Hall–Kier alpha value is -1.36. The van der Waals surface area contributed by atoms with E-state index in [1.54, 1.807) is 6.07 Å². The van der Waals surface area contributed by atoms with Gasteiger partial charge in [-0.25, -0.2) is 4.39 Å². The molecule has 0 spiro atoms. The van der Waals surface area contributed by atoms with Crippen molar-refractivity contribution in [2.24, 2.45) is 0 Å². The van der Waals surface area contributed by atoms with Crippen LogP contribution in [-0.4, -0.2) is 11.7 Å². The van der Waals surface area contributed by atoms with Gasteiger partial charge in [-0.3, -0.25) is 5.32 Å². The summed E-state index contributed by atoms with van der Waals surface area (Å²) in [7, 11) is 0. The first-order chi connectivity index (χ1) is 9.51. The molecule has 1 aromatic carbocycles. The Morgan fingerprint density at radius 1 is 1.35 bits per heavy atom. The van der Waals surface area contributed by atoms with E-state index in [4.69, 9.17) is 16.0 Å². The molecule has 2 N–H and O–H groups in total. The fourth-order valence-corrected chi connectivity index (χ4v) is 2.17. The van der Waals surface area contributed by atoms with Crippen LogP contribution in [0.2, 0.25) is 5.02 Å². The molecule has 0 saturated carbocycles. The van der Waals surface area contributed by atoms with E-state index in [2.05, 4.69) is 5.32 Å². The quantitative estimate of drug-likeness (QED) is 0.883. The Morgan fingerprint density at radius 2 is 2.10 bits per heavy atom. The van der Waals surface area contributed by atoms with E-state index >= 15 is 0 Å². The van der Waals surface area contributed by atoms with Gasteiger partial charge >= 0.3 is 0 Å². The summed E-state index contributed by atoms with van der Waals surface area (Å²) in [6.45, 7) is 3.65. The maximum Gasteiger partial charge on any atom is 0.142 e. The molecule has 0 aliphatic rings. The van der Waals surface area contributed by atoms with Gasteiger partial charge in [-0.2, -0.15) is 0 Å². The van der Waals surface area contributed by atoms with Crippen LogP contribution in [-0.2, 0) is 0 Å². The van der Waals surface area contributed by atoms with E-state index in [1.807, 2.05) is 26.0 Å². The summed E-state index contributed by atoms with van der Waals surface area (Å²) in [6, 6.07) is 7.78. The predicted octanol–water partition coefficient (Wildman–Crippen LogP) is 3.76. The lowest BCUT2D eigenvalue weighted by Gasteiger charge is -2.21. The molecule has 2 rings (SSSR count). The standard InChI is InChI=1S/C15H17ClFNO2/c1-9-3-6-15(20-9)10(2)18-14(8-19)11-4-5-12(16)13(17)7-11/h3-7,10,14,18-19H,8H2,1-2H3. The molecule has 0 fully saturated rings. The van der Waals surface area contributed by atoms with Crippen molar-refractivity contribution in [3.05, 3.63) is 58.3 Å². The molecule has 0 radical (unpaired) electrons. The van der Waals surface area contributed by atoms with Crippen LogP contribution in [0.4, 0.5) is 4.39 Å². The zero-order valence-electron chi connectivity index (χ0n) is 11.4. The van der Waals surface area contributed by atoms with Crippen molar-refractivity contribution in [3.63, 3.8) is 0 Å². The van der Waals surface area contributed by atoms with Gasteiger partial charge in [-0.15, -0.1) is 0 Å². The number of rotatable bonds is 5. The molecule has 2 atom stereocenters. The van der Waals surface area contributed by atoms with Crippen LogP contribution in [0, 0.1) is 12.7 Å². The SMILES string of the molecule is Cc1ccc(C(C)NC(CO)c2ccc(Cl)c(F)c2)o1. The van der Waals surface area contributed by atoms with E-state index in [-0.39, 0.29) is 23.7 Å². The predicted molar refractivity (Wildman–Crippen MR) is 76.2 cm³/mol. The van der Waals surface area contributed by atoms with Crippen LogP contribution in [0.15, 0.2) is 34.7 Å². The van der Waals surface area contributed by atoms with Crippen molar-refractivity contribution < 1.29 is 13.9 Å². The first-order valence-electron chi connectivity index (χ1n) is 6.39. The third-order valence-corrected chi connectivity index (χ3v) is 3.47. The molecule has 3 nitrogen and oxygen atoms in total. The fraction of sp³-hybridized carbons (Fsp3) is 0.333. The van der Waals surface area contributed by atoms with E-state index in [1.165, 1.54) is 12.1 Å². The molecule has 0 amide bonds. The minimum absolute atomic E-state index is 0.0696. The molecular weight excluding hydrogens is 281 g/mol. The normalized spacial score (nSPS) is 14.2. The second-order valence-electron chi connectivity index (χ2n) is 4.75. The number of benzene rings is 1. The Morgan fingerprint density at radius 3 is 2.65 bits per heavy atom. The van der Waals surface area contributed by atoms with Gasteiger partial charge in [0, 0.05) is 0 Å². The van der Waals surface area contributed by atoms with E-state index < -0.39 is 5.82 Å². The van der Waals surface area contributed by atoms with E-state index in [0.29, 0.717) is 5.56 Å². The molecule has 0 saturated heterocycles. The van der Waals surface area contributed by atoms with Crippen LogP contribution in [0.3, 0.4) is 0 Å². The molecule has 5 heteroatoms. The summed E-state index contributed by atoms with van der Waals surface area (Å²) in [5.41, 5.74) is 0.643. The zero-order chi connectivity index (χ0) is 14.7. The lowest BCUT2D eigenvalue weighted by Crippen LogP contribution is -2.27. The van der Waals surface area contributed by atoms with Gasteiger partial charge in [0.15, 0.2) is 0 Å². The van der Waals surface area contributed by atoms with Crippen LogP contribution < -0.4 is 5.32 Å². The van der Waals surface area contributed by atoms with Crippen LogP contribution in [0.5, 0.6) is 0 Å². The zero-order valence-corrected chi connectivity index (χ0v) is 12.1. The second kappa shape index (κ2) is 6.39. The van der Waals surface area contributed by atoms with Crippen molar-refractivity contribution in [3.8, 4) is 0 Å². The number of nitrogens with one attached hydrogen (secondary N) is 1. The molecule has 20 heavy (non-hydrogen) atoms. The highest BCUT2D eigenvalue weighted by atomic mass is 35.5. The molecule has 0 aliphatic carbocycles. The summed E-state index contributed by atoms with van der Waals surface area (Å²) < 4.78 is 19.0. The number of aryl methyl sites for hydroxylation is 1. The largest absolute Gasteiger partial charge is 0.465 e. The number of halogens is 2. The Balaban J connectivity index is 2.14. The van der Waals surface area contributed by atoms with Crippen LogP contribution >= 0.6 is 11.6 Å². The van der Waals surface area contributed by atoms with Gasteiger partial charge in [-0.05, 0) is 43.7 Å². The van der Waals surface area contributed by atoms with Crippen molar-refractivity contribution in [2.45, 2.75) is 25.9 Å². The number of aliphatic hydroxyl groups excluding tert-OH is 1. The molecule has 1 aromatic heterocycles. The summed E-state index contributed by atoms with van der Waals surface area (Å²) in [4.78, 5) is 0. The maximum atomic E-state index is 13.5. The van der Waals surface area contributed by atoms with E-state index in [9.17, 15) is 9.50 Å². The molecule has 1 heterocycles. The second-order valence-corrected chi connectivity index (χ2v) is 5.15. The highest BCUT2D eigenvalue weighted by Gasteiger charge is 2.17. The third kappa shape index (κ3) is 3.39. The van der Waals surface area contributed by atoms with Gasteiger partial charge < -0.3 is 9.52 Å². The van der Waals surface area contributed by atoms with Gasteiger partial charge in [0.05, 0.1) is 23.7 Å². The Kier molecular flexibility index (Phi) is 4.81. The van der Waals surface area contributed by atoms with Crippen LogP contribution in [0.25, 0.3) is 0 Å². The highest BCUT2D eigenvalue weighted by molar-refractivity contribution is 6.30. The number of hydrogen-bond acceptors (Lipinski definition) is 3. The average Bonchev–Trinajstić information content (AvgIpc) is 2.86. The third-order valence-electron chi connectivity index (χ3n) is 3.17. The minimum atomic E-state index is -0.495. The average molecular weight is 298 g/mol. The molecule has 108 valence electrons. The number of aliphatic hydroxyl groups is 1. The summed E-state index contributed by atoms with van der Waals surface area (Å²) >= 11 is 5.66.